The van der Waals surface area contributed by atoms with E-state index >= 15 is 0 Å². The van der Waals surface area contributed by atoms with Crippen LogP contribution in [-0.4, -0.2) is 32.2 Å². The van der Waals surface area contributed by atoms with Crippen LogP contribution in [0.1, 0.15) is 30.9 Å². The molecule has 1 aromatic carbocycles. The van der Waals surface area contributed by atoms with Crippen LogP contribution < -0.4 is 5.32 Å². The number of nitrogens with one attached hydrogen (secondary N) is 1. The number of hydrogen-bond donors (Lipinski definition) is 1. The van der Waals surface area contributed by atoms with Gasteiger partial charge in [-0.1, -0.05) is 43.6 Å². The molecule has 0 unspecified atom stereocenters. The van der Waals surface area contributed by atoms with E-state index in [-0.39, 0.29) is 22.6 Å². The predicted molar refractivity (Wildman–Crippen MR) is 103 cm³/mol. The first-order valence-corrected chi connectivity index (χ1v) is 10.4. The summed E-state index contributed by atoms with van der Waals surface area (Å²) in [5.41, 5.74) is 2.70. The van der Waals surface area contributed by atoms with Crippen LogP contribution in [0, 0.1) is 6.92 Å². The average Bonchev–Trinajstić information content (AvgIpc) is 2.96. The highest BCUT2D eigenvalue weighted by molar-refractivity contribution is 7.91. The monoisotopic (exact) mass is 400 g/mol. The van der Waals surface area contributed by atoms with Gasteiger partial charge in [0.1, 0.15) is 4.21 Å². The van der Waals surface area contributed by atoms with Gasteiger partial charge in [-0.05, 0) is 36.1 Å². The SMILES string of the molecule is Cc1cccc(C(C)C)c1NC(=O)CN(C)S(=O)(=O)c1ccc(Cl)s1. The van der Waals surface area contributed by atoms with Crippen LogP contribution in [0.4, 0.5) is 5.69 Å². The number of hydrogen-bond acceptors (Lipinski definition) is 4. The van der Waals surface area contributed by atoms with Crippen LogP contribution in [0.3, 0.4) is 0 Å². The Bertz CT molecular complexity index is 876. The zero-order valence-electron chi connectivity index (χ0n) is 14.5. The first-order valence-electron chi connectivity index (χ1n) is 7.74. The number of para-hydroxylation sites is 1. The van der Waals surface area contributed by atoms with E-state index in [1.165, 1.54) is 19.2 Å². The summed E-state index contributed by atoms with van der Waals surface area (Å²) in [6.07, 6.45) is 0. The highest BCUT2D eigenvalue weighted by Crippen LogP contribution is 2.29. The lowest BCUT2D eigenvalue weighted by Crippen LogP contribution is -2.34. The Morgan fingerprint density at radius 3 is 2.52 bits per heavy atom. The molecule has 25 heavy (non-hydrogen) atoms. The van der Waals surface area contributed by atoms with Crippen LogP contribution in [0.15, 0.2) is 34.5 Å². The van der Waals surface area contributed by atoms with Crippen LogP contribution in [-0.2, 0) is 14.8 Å². The van der Waals surface area contributed by atoms with Crippen molar-refractivity contribution in [3.05, 3.63) is 45.8 Å². The van der Waals surface area contributed by atoms with E-state index < -0.39 is 10.0 Å². The second kappa shape index (κ2) is 7.86. The van der Waals surface area contributed by atoms with E-state index in [1.807, 2.05) is 39.0 Å². The number of halogens is 1. The third-order valence-corrected chi connectivity index (χ3v) is 7.27. The van der Waals surface area contributed by atoms with Gasteiger partial charge in [-0.15, -0.1) is 11.3 Å². The van der Waals surface area contributed by atoms with Crippen LogP contribution in [0.25, 0.3) is 0 Å². The van der Waals surface area contributed by atoms with Gasteiger partial charge in [-0.3, -0.25) is 4.79 Å². The van der Waals surface area contributed by atoms with Crippen molar-refractivity contribution in [2.75, 3.05) is 18.9 Å². The van der Waals surface area contributed by atoms with Crippen molar-refractivity contribution in [2.45, 2.75) is 30.9 Å². The fourth-order valence-electron chi connectivity index (χ4n) is 2.40. The molecule has 0 aliphatic carbocycles. The molecule has 5 nitrogen and oxygen atoms in total. The van der Waals surface area contributed by atoms with Gasteiger partial charge in [0.25, 0.3) is 10.0 Å². The predicted octanol–water partition coefficient (Wildman–Crippen LogP) is 4.09. The Morgan fingerprint density at radius 2 is 1.96 bits per heavy atom. The molecule has 8 heteroatoms. The number of nitrogens with zero attached hydrogens (tertiary/aromatic N) is 1. The number of rotatable bonds is 6. The minimum atomic E-state index is -3.74. The molecule has 136 valence electrons. The van der Waals surface area contributed by atoms with E-state index in [4.69, 9.17) is 11.6 Å². The summed E-state index contributed by atoms with van der Waals surface area (Å²) >= 11 is 6.77. The molecule has 0 fully saturated rings. The molecular formula is C17H21ClN2O3S2. The minimum absolute atomic E-state index is 0.117. The van der Waals surface area contributed by atoms with Crippen molar-refractivity contribution in [2.24, 2.45) is 0 Å². The van der Waals surface area contributed by atoms with Crippen molar-refractivity contribution >= 4 is 44.6 Å². The highest BCUT2D eigenvalue weighted by atomic mass is 35.5. The Hall–Kier alpha value is -1.41. The maximum absolute atomic E-state index is 12.5. The number of amides is 1. The fourth-order valence-corrected chi connectivity index (χ4v) is 5.22. The molecule has 2 rings (SSSR count). The van der Waals surface area contributed by atoms with Gasteiger partial charge in [0.2, 0.25) is 5.91 Å². The van der Waals surface area contributed by atoms with Crippen molar-refractivity contribution in [3.8, 4) is 0 Å². The Kier molecular flexibility index (Phi) is 6.26. The van der Waals surface area contributed by atoms with Crippen molar-refractivity contribution in [1.82, 2.24) is 4.31 Å². The summed E-state index contributed by atoms with van der Waals surface area (Å²) in [6.45, 7) is 5.72. The van der Waals surface area contributed by atoms with Gasteiger partial charge in [0.05, 0.1) is 10.9 Å². The second-order valence-electron chi connectivity index (χ2n) is 6.06. The second-order valence-corrected chi connectivity index (χ2v) is 10.0. The Balaban J connectivity index is 2.16. The van der Waals surface area contributed by atoms with Crippen molar-refractivity contribution in [1.29, 1.82) is 0 Å². The highest BCUT2D eigenvalue weighted by Gasteiger charge is 2.25. The Labute approximate surface area is 157 Å². The molecule has 1 N–H and O–H groups in total. The molecule has 0 spiro atoms. The van der Waals surface area contributed by atoms with Crippen molar-refractivity contribution < 1.29 is 13.2 Å². The summed E-state index contributed by atoms with van der Waals surface area (Å²) in [5.74, 6) is -0.144. The normalized spacial score (nSPS) is 12.0. The van der Waals surface area contributed by atoms with E-state index in [1.54, 1.807) is 0 Å². The number of likely N-dealkylation sites (N-methyl/N-ethyl adjacent to an activating group) is 1. The minimum Gasteiger partial charge on any atom is -0.324 e. The standard InChI is InChI=1S/C17H21ClN2O3S2/c1-11(2)13-7-5-6-12(3)17(13)19-15(21)10-20(4)25(22,23)16-9-8-14(18)24-16/h5-9,11H,10H2,1-4H3,(H,19,21). The van der Waals surface area contributed by atoms with Gasteiger partial charge in [0.15, 0.2) is 0 Å². The van der Waals surface area contributed by atoms with E-state index in [0.717, 1.165) is 32.5 Å². The molecule has 0 radical (unpaired) electrons. The molecule has 0 saturated heterocycles. The maximum Gasteiger partial charge on any atom is 0.252 e. The lowest BCUT2D eigenvalue weighted by Gasteiger charge is -2.19. The molecule has 0 bridgehead atoms. The maximum atomic E-state index is 12.5. The summed E-state index contributed by atoms with van der Waals surface area (Å²) in [7, 11) is -2.36. The molecule has 2 aromatic rings. The molecule has 1 amide bonds. The quantitative estimate of drug-likeness (QED) is 0.793. The number of carbonyl (C=O) groups excluding carboxylic acids is 1. The van der Waals surface area contributed by atoms with E-state index in [0.29, 0.717) is 4.34 Å². The van der Waals surface area contributed by atoms with E-state index in [9.17, 15) is 13.2 Å². The lowest BCUT2D eigenvalue weighted by molar-refractivity contribution is -0.116. The first kappa shape index (κ1) is 19.9. The number of sulfonamides is 1. The van der Waals surface area contributed by atoms with Crippen LogP contribution in [0.2, 0.25) is 4.34 Å². The number of aryl methyl sites for hydroxylation is 1. The third-order valence-electron chi connectivity index (χ3n) is 3.77. The summed E-state index contributed by atoms with van der Waals surface area (Å²) in [4.78, 5) is 12.4. The lowest BCUT2D eigenvalue weighted by atomic mass is 9.98. The number of benzene rings is 1. The molecule has 0 saturated carbocycles. The van der Waals surface area contributed by atoms with E-state index in [2.05, 4.69) is 5.32 Å². The average molecular weight is 401 g/mol. The molecular weight excluding hydrogens is 380 g/mol. The first-order chi connectivity index (χ1) is 11.6. The van der Waals surface area contributed by atoms with Gasteiger partial charge >= 0.3 is 0 Å². The van der Waals surface area contributed by atoms with Gasteiger partial charge in [-0.25, -0.2) is 8.42 Å². The van der Waals surface area contributed by atoms with Crippen LogP contribution >= 0.6 is 22.9 Å². The Morgan fingerprint density at radius 1 is 1.28 bits per heavy atom. The summed E-state index contributed by atoms with van der Waals surface area (Å²) in [6, 6.07) is 8.78. The smallest absolute Gasteiger partial charge is 0.252 e. The number of carbonyl (C=O) groups is 1. The summed E-state index contributed by atoms with van der Waals surface area (Å²) < 4.78 is 26.5. The van der Waals surface area contributed by atoms with Crippen LogP contribution in [0.5, 0.6) is 0 Å². The number of thiophene rings is 1. The van der Waals surface area contributed by atoms with Gasteiger partial charge in [-0.2, -0.15) is 4.31 Å². The molecule has 1 heterocycles. The van der Waals surface area contributed by atoms with Gasteiger partial charge in [0, 0.05) is 12.7 Å². The topological polar surface area (TPSA) is 66.5 Å². The zero-order valence-corrected chi connectivity index (χ0v) is 16.9. The van der Waals surface area contributed by atoms with Gasteiger partial charge < -0.3 is 5.32 Å². The molecule has 1 aromatic heterocycles. The fraction of sp³-hybridized carbons (Fsp3) is 0.353. The largest absolute Gasteiger partial charge is 0.324 e. The molecule has 0 atom stereocenters. The summed E-state index contributed by atoms with van der Waals surface area (Å²) in [5, 5.41) is 2.85. The molecule has 0 aliphatic rings. The molecule has 0 aliphatic heterocycles. The third kappa shape index (κ3) is 4.61. The zero-order chi connectivity index (χ0) is 18.8. The number of anilines is 1. The van der Waals surface area contributed by atoms with Crippen molar-refractivity contribution in [3.63, 3.8) is 0 Å².